The highest BCUT2D eigenvalue weighted by Gasteiger charge is 2.41. The topological polar surface area (TPSA) is 79.3 Å². The molecular weight excluding hydrogens is 312 g/mol. The van der Waals surface area contributed by atoms with E-state index in [0.29, 0.717) is 12.8 Å². The van der Waals surface area contributed by atoms with E-state index >= 15 is 0 Å². The first-order chi connectivity index (χ1) is 11.0. The van der Waals surface area contributed by atoms with E-state index < -0.39 is 5.97 Å². The van der Waals surface area contributed by atoms with Gasteiger partial charge in [-0.25, -0.2) is 4.98 Å². The minimum absolute atomic E-state index is 0.0192. The van der Waals surface area contributed by atoms with Gasteiger partial charge in [0.2, 0.25) is 5.91 Å². The van der Waals surface area contributed by atoms with E-state index in [2.05, 4.69) is 10.3 Å². The monoisotopic (exact) mass is 336 g/mol. The van der Waals surface area contributed by atoms with Gasteiger partial charge in [-0.3, -0.25) is 9.59 Å². The molecular formula is C17H24N2O3S. The number of nitrogens with one attached hydrogen (secondary N) is 1. The lowest BCUT2D eigenvalue weighted by atomic mass is 9.80. The molecule has 1 heterocycles. The zero-order valence-electron chi connectivity index (χ0n) is 13.5. The molecule has 2 fully saturated rings. The van der Waals surface area contributed by atoms with Gasteiger partial charge in [0.1, 0.15) is 5.01 Å². The standard InChI is InChI=1S/C17H24N2O3S/c1-11-10-23-16(18-11)17(7-2-3-8-17)19-14(20)12-5-4-6-13(9-12)15(21)22/h10,12-13H,2-9H2,1H3,(H,19,20)(H,21,22). The fourth-order valence-corrected chi connectivity index (χ4v) is 4.95. The van der Waals surface area contributed by atoms with Crippen molar-refractivity contribution >= 4 is 23.2 Å². The SMILES string of the molecule is Cc1csc(C2(NC(=O)C3CCCC(C(=O)O)C3)CCCC2)n1. The molecule has 2 unspecified atom stereocenters. The second-order valence-electron chi connectivity index (χ2n) is 6.97. The molecule has 2 atom stereocenters. The molecule has 5 nitrogen and oxygen atoms in total. The first kappa shape index (κ1) is 16.4. The lowest BCUT2D eigenvalue weighted by molar-refractivity contribution is -0.144. The number of aliphatic carboxylic acids is 1. The van der Waals surface area contributed by atoms with Crippen LogP contribution in [0, 0.1) is 18.8 Å². The highest BCUT2D eigenvalue weighted by molar-refractivity contribution is 7.09. The Hall–Kier alpha value is -1.43. The van der Waals surface area contributed by atoms with Gasteiger partial charge >= 0.3 is 5.97 Å². The minimum atomic E-state index is -0.770. The summed E-state index contributed by atoms with van der Waals surface area (Å²) in [6.07, 6.45) is 6.83. The number of nitrogens with zero attached hydrogens (tertiary/aromatic N) is 1. The number of carboxylic acids is 1. The maximum atomic E-state index is 12.8. The Bertz CT molecular complexity index is 592. The van der Waals surface area contributed by atoms with E-state index in [9.17, 15) is 14.7 Å². The molecule has 0 saturated heterocycles. The van der Waals surface area contributed by atoms with Crippen molar-refractivity contribution < 1.29 is 14.7 Å². The summed E-state index contributed by atoms with van der Waals surface area (Å²) in [7, 11) is 0. The number of aromatic nitrogens is 1. The van der Waals surface area contributed by atoms with E-state index in [1.54, 1.807) is 11.3 Å². The van der Waals surface area contributed by atoms with Crippen LogP contribution in [0.4, 0.5) is 0 Å². The Morgan fingerprint density at radius 1 is 1.26 bits per heavy atom. The van der Waals surface area contributed by atoms with Gasteiger partial charge in [0.05, 0.1) is 11.5 Å². The average molecular weight is 336 g/mol. The van der Waals surface area contributed by atoms with Gasteiger partial charge in [-0.1, -0.05) is 19.3 Å². The number of hydrogen-bond donors (Lipinski definition) is 2. The molecule has 0 aliphatic heterocycles. The van der Waals surface area contributed by atoms with E-state index in [0.717, 1.165) is 49.2 Å². The van der Waals surface area contributed by atoms with Gasteiger partial charge in [0.15, 0.2) is 0 Å². The van der Waals surface area contributed by atoms with E-state index in [1.165, 1.54) is 0 Å². The number of carboxylic acid groups (broad SMARTS) is 1. The van der Waals surface area contributed by atoms with Crippen LogP contribution in [-0.4, -0.2) is 22.0 Å². The number of rotatable bonds is 4. The van der Waals surface area contributed by atoms with Gasteiger partial charge in [-0.15, -0.1) is 11.3 Å². The number of thiazole rings is 1. The largest absolute Gasteiger partial charge is 0.481 e. The molecule has 1 amide bonds. The van der Waals surface area contributed by atoms with Crippen molar-refractivity contribution in [1.82, 2.24) is 10.3 Å². The summed E-state index contributed by atoms with van der Waals surface area (Å²) < 4.78 is 0. The Morgan fingerprint density at radius 2 is 1.96 bits per heavy atom. The predicted octanol–water partition coefficient (Wildman–Crippen LogP) is 3.23. The van der Waals surface area contributed by atoms with Crippen molar-refractivity contribution in [2.75, 3.05) is 0 Å². The highest BCUT2D eigenvalue weighted by atomic mass is 32.1. The molecule has 23 heavy (non-hydrogen) atoms. The summed E-state index contributed by atoms with van der Waals surface area (Å²) in [5, 5.41) is 15.5. The molecule has 2 N–H and O–H groups in total. The summed E-state index contributed by atoms with van der Waals surface area (Å²) in [5.74, 6) is -1.30. The van der Waals surface area contributed by atoms with Crippen LogP contribution < -0.4 is 5.32 Å². The number of amides is 1. The van der Waals surface area contributed by atoms with Gasteiger partial charge < -0.3 is 10.4 Å². The molecule has 0 spiro atoms. The van der Waals surface area contributed by atoms with Crippen LogP contribution in [-0.2, 0) is 15.1 Å². The highest BCUT2D eigenvalue weighted by Crippen LogP contribution is 2.41. The van der Waals surface area contributed by atoms with Crippen molar-refractivity contribution in [2.45, 2.75) is 63.8 Å². The molecule has 2 aliphatic carbocycles. The number of hydrogen-bond acceptors (Lipinski definition) is 4. The maximum absolute atomic E-state index is 12.8. The van der Waals surface area contributed by atoms with Gasteiger partial charge in [0, 0.05) is 17.0 Å². The van der Waals surface area contributed by atoms with Crippen molar-refractivity contribution in [3.63, 3.8) is 0 Å². The van der Waals surface area contributed by atoms with Gasteiger partial charge in [-0.05, 0) is 39.0 Å². The maximum Gasteiger partial charge on any atom is 0.306 e. The number of carbonyl (C=O) groups is 2. The first-order valence-electron chi connectivity index (χ1n) is 8.48. The third kappa shape index (κ3) is 3.42. The van der Waals surface area contributed by atoms with Crippen LogP contribution >= 0.6 is 11.3 Å². The molecule has 2 aliphatic rings. The van der Waals surface area contributed by atoms with Crippen LogP contribution in [0.15, 0.2) is 5.38 Å². The van der Waals surface area contributed by atoms with Crippen molar-refractivity contribution in [1.29, 1.82) is 0 Å². The fourth-order valence-electron chi connectivity index (χ4n) is 3.93. The van der Waals surface area contributed by atoms with Crippen molar-refractivity contribution in [3.05, 3.63) is 16.1 Å². The quantitative estimate of drug-likeness (QED) is 0.885. The first-order valence-corrected chi connectivity index (χ1v) is 9.35. The fraction of sp³-hybridized carbons (Fsp3) is 0.706. The van der Waals surface area contributed by atoms with Gasteiger partial charge in [-0.2, -0.15) is 0 Å². The molecule has 126 valence electrons. The van der Waals surface area contributed by atoms with Gasteiger partial charge in [0.25, 0.3) is 0 Å². The van der Waals surface area contributed by atoms with Crippen molar-refractivity contribution in [3.8, 4) is 0 Å². The Labute approximate surface area is 140 Å². The Kier molecular flexibility index (Phi) is 4.71. The van der Waals surface area contributed by atoms with Crippen LogP contribution in [0.3, 0.4) is 0 Å². The van der Waals surface area contributed by atoms with E-state index in [4.69, 9.17) is 0 Å². The summed E-state index contributed by atoms with van der Waals surface area (Å²) >= 11 is 1.62. The predicted molar refractivity (Wildman–Crippen MR) is 88.2 cm³/mol. The third-order valence-corrected chi connectivity index (χ3v) is 6.41. The van der Waals surface area contributed by atoms with Crippen LogP contribution in [0.1, 0.15) is 62.1 Å². The summed E-state index contributed by atoms with van der Waals surface area (Å²) in [4.78, 5) is 28.6. The molecule has 0 bridgehead atoms. The summed E-state index contributed by atoms with van der Waals surface area (Å²) in [6, 6.07) is 0. The Morgan fingerprint density at radius 3 is 2.57 bits per heavy atom. The van der Waals surface area contributed by atoms with Crippen LogP contribution in [0.2, 0.25) is 0 Å². The smallest absolute Gasteiger partial charge is 0.306 e. The normalized spacial score (nSPS) is 26.8. The van der Waals surface area contributed by atoms with Crippen LogP contribution in [0.5, 0.6) is 0 Å². The van der Waals surface area contributed by atoms with E-state index in [-0.39, 0.29) is 23.3 Å². The molecule has 1 aromatic rings. The number of carbonyl (C=O) groups excluding carboxylic acids is 1. The average Bonchev–Trinajstić information content (AvgIpc) is 3.17. The molecule has 6 heteroatoms. The zero-order chi connectivity index (χ0) is 16.4. The third-order valence-electron chi connectivity index (χ3n) is 5.24. The second kappa shape index (κ2) is 6.59. The van der Waals surface area contributed by atoms with Crippen LogP contribution in [0.25, 0.3) is 0 Å². The summed E-state index contributed by atoms with van der Waals surface area (Å²) in [6.45, 7) is 1.98. The molecule has 3 rings (SSSR count). The van der Waals surface area contributed by atoms with Crippen molar-refractivity contribution in [2.24, 2.45) is 11.8 Å². The Balaban J connectivity index is 1.73. The summed E-state index contributed by atoms with van der Waals surface area (Å²) in [5.41, 5.74) is 0.667. The number of aryl methyl sites for hydroxylation is 1. The molecule has 2 saturated carbocycles. The minimum Gasteiger partial charge on any atom is -0.481 e. The second-order valence-corrected chi connectivity index (χ2v) is 7.83. The molecule has 0 radical (unpaired) electrons. The lowest BCUT2D eigenvalue weighted by Gasteiger charge is -2.32. The lowest BCUT2D eigenvalue weighted by Crippen LogP contribution is -2.47. The molecule has 0 aromatic carbocycles. The molecule has 1 aromatic heterocycles. The van der Waals surface area contributed by atoms with E-state index in [1.807, 2.05) is 12.3 Å². The zero-order valence-corrected chi connectivity index (χ0v) is 14.3.